The molecule has 0 spiro atoms. The van der Waals surface area contributed by atoms with Crippen LogP contribution in [-0.2, 0) is 4.79 Å². The second kappa shape index (κ2) is 3.69. The molecule has 0 saturated heterocycles. The second-order valence-corrected chi connectivity index (χ2v) is 3.07. The molecule has 1 aliphatic rings. The van der Waals surface area contributed by atoms with Gasteiger partial charge in [-0.05, 0) is 18.8 Å². The molecule has 0 heterocycles. The first kappa shape index (κ1) is 8.50. The fraction of sp³-hybridized carbons (Fsp3) is 0.875. The Kier molecular flexibility index (Phi) is 2.85. The fourth-order valence-corrected chi connectivity index (χ4v) is 1.75. The molecule has 0 aromatic carbocycles. The van der Waals surface area contributed by atoms with E-state index in [0.29, 0.717) is 0 Å². The van der Waals surface area contributed by atoms with E-state index in [-0.39, 0.29) is 24.4 Å². The Balaban J connectivity index is 2.49. The Morgan fingerprint density at radius 2 is 2.36 bits per heavy atom. The Morgan fingerprint density at radius 1 is 1.64 bits per heavy atom. The van der Waals surface area contributed by atoms with Crippen molar-refractivity contribution in [3.8, 4) is 0 Å². The van der Waals surface area contributed by atoms with E-state index in [1.54, 1.807) is 7.05 Å². The summed E-state index contributed by atoms with van der Waals surface area (Å²) in [5.74, 6) is -0.0786. The van der Waals surface area contributed by atoms with Gasteiger partial charge in [0.25, 0.3) is 0 Å². The highest BCUT2D eigenvalue weighted by Crippen LogP contribution is 2.31. The SMILES string of the molecule is CNC(=O)C1CCCC1CF. The molecule has 1 aliphatic carbocycles. The van der Waals surface area contributed by atoms with Crippen LogP contribution in [0.15, 0.2) is 0 Å². The Hall–Kier alpha value is -0.600. The number of rotatable bonds is 2. The maximum atomic E-state index is 12.3. The average Bonchev–Trinajstić information content (AvgIpc) is 2.50. The lowest BCUT2D eigenvalue weighted by Crippen LogP contribution is -2.30. The van der Waals surface area contributed by atoms with E-state index in [1.807, 2.05) is 0 Å². The van der Waals surface area contributed by atoms with Gasteiger partial charge in [0.05, 0.1) is 6.67 Å². The molecular weight excluding hydrogens is 145 g/mol. The molecule has 11 heavy (non-hydrogen) atoms. The van der Waals surface area contributed by atoms with Crippen molar-refractivity contribution in [3.63, 3.8) is 0 Å². The van der Waals surface area contributed by atoms with Crippen molar-refractivity contribution in [2.24, 2.45) is 11.8 Å². The molecule has 0 radical (unpaired) electrons. The van der Waals surface area contributed by atoms with E-state index in [9.17, 15) is 9.18 Å². The molecule has 2 atom stereocenters. The largest absolute Gasteiger partial charge is 0.359 e. The molecule has 64 valence electrons. The lowest BCUT2D eigenvalue weighted by atomic mass is 9.97. The van der Waals surface area contributed by atoms with Crippen LogP contribution in [0.5, 0.6) is 0 Å². The number of alkyl halides is 1. The van der Waals surface area contributed by atoms with E-state index in [0.717, 1.165) is 19.3 Å². The molecule has 1 rings (SSSR count). The number of hydrogen-bond donors (Lipinski definition) is 1. The Morgan fingerprint density at radius 3 is 2.91 bits per heavy atom. The van der Waals surface area contributed by atoms with Gasteiger partial charge < -0.3 is 5.32 Å². The van der Waals surface area contributed by atoms with Crippen molar-refractivity contribution in [1.29, 1.82) is 0 Å². The highest BCUT2D eigenvalue weighted by molar-refractivity contribution is 5.78. The van der Waals surface area contributed by atoms with Crippen LogP contribution < -0.4 is 5.32 Å². The normalized spacial score (nSPS) is 30.4. The molecule has 1 N–H and O–H groups in total. The van der Waals surface area contributed by atoms with E-state index in [1.165, 1.54) is 0 Å². The Labute approximate surface area is 66.2 Å². The highest BCUT2D eigenvalue weighted by Gasteiger charge is 2.31. The summed E-state index contributed by atoms with van der Waals surface area (Å²) < 4.78 is 12.3. The van der Waals surface area contributed by atoms with Crippen LogP contribution in [0, 0.1) is 11.8 Å². The van der Waals surface area contributed by atoms with Crippen LogP contribution in [0.3, 0.4) is 0 Å². The highest BCUT2D eigenvalue weighted by atomic mass is 19.1. The summed E-state index contributed by atoms with van der Waals surface area (Å²) in [6, 6.07) is 0. The first-order chi connectivity index (χ1) is 5.29. The third kappa shape index (κ3) is 1.70. The Bertz CT molecular complexity index is 149. The number of carbonyl (C=O) groups excluding carboxylic acids is 1. The standard InChI is InChI=1S/C8H14FNO/c1-10-8(11)7-4-2-3-6(7)5-9/h6-7H,2-5H2,1H3,(H,10,11). The number of halogens is 1. The van der Waals surface area contributed by atoms with E-state index in [4.69, 9.17) is 0 Å². The van der Waals surface area contributed by atoms with Crippen LogP contribution >= 0.6 is 0 Å². The van der Waals surface area contributed by atoms with Crippen molar-refractivity contribution in [1.82, 2.24) is 5.32 Å². The molecule has 1 amide bonds. The van der Waals surface area contributed by atoms with Gasteiger partial charge in [0.2, 0.25) is 5.91 Å². The first-order valence-electron chi connectivity index (χ1n) is 4.07. The summed E-state index contributed by atoms with van der Waals surface area (Å²) in [4.78, 5) is 11.1. The van der Waals surface area contributed by atoms with Gasteiger partial charge in [-0.25, -0.2) is 0 Å². The molecule has 3 heteroatoms. The lowest BCUT2D eigenvalue weighted by molar-refractivity contribution is -0.125. The maximum absolute atomic E-state index is 12.3. The van der Waals surface area contributed by atoms with Gasteiger partial charge in [-0.3, -0.25) is 9.18 Å². The van der Waals surface area contributed by atoms with Crippen molar-refractivity contribution in [2.75, 3.05) is 13.7 Å². The zero-order valence-electron chi connectivity index (χ0n) is 6.77. The predicted molar refractivity (Wildman–Crippen MR) is 40.9 cm³/mol. The monoisotopic (exact) mass is 159 g/mol. The van der Waals surface area contributed by atoms with Crippen LogP contribution in [-0.4, -0.2) is 19.6 Å². The van der Waals surface area contributed by atoms with Crippen LogP contribution in [0.4, 0.5) is 4.39 Å². The molecule has 0 bridgehead atoms. The topological polar surface area (TPSA) is 29.1 Å². The molecule has 0 aromatic heterocycles. The first-order valence-corrected chi connectivity index (χ1v) is 4.07. The predicted octanol–water partition coefficient (Wildman–Crippen LogP) is 1.12. The number of carbonyl (C=O) groups is 1. The third-order valence-corrected chi connectivity index (χ3v) is 2.44. The third-order valence-electron chi connectivity index (χ3n) is 2.44. The number of nitrogens with one attached hydrogen (secondary N) is 1. The molecule has 1 saturated carbocycles. The van der Waals surface area contributed by atoms with Crippen molar-refractivity contribution < 1.29 is 9.18 Å². The van der Waals surface area contributed by atoms with Crippen molar-refractivity contribution in [3.05, 3.63) is 0 Å². The molecule has 2 unspecified atom stereocenters. The van der Waals surface area contributed by atoms with Crippen LogP contribution in [0.1, 0.15) is 19.3 Å². The molecule has 2 nitrogen and oxygen atoms in total. The minimum Gasteiger partial charge on any atom is -0.359 e. The molecule has 0 aromatic rings. The molecular formula is C8H14FNO. The second-order valence-electron chi connectivity index (χ2n) is 3.07. The summed E-state index contributed by atoms with van der Waals surface area (Å²) in [5, 5.41) is 2.57. The van der Waals surface area contributed by atoms with Crippen LogP contribution in [0.25, 0.3) is 0 Å². The van der Waals surface area contributed by atoms with Gasteiger partial charge in [0, 0.05) is 13.0 Å². The zero-order chi connectivity index (χ0) is 8.27. The van der Waals surface area contributed by atoms with Gasteiger partial charge in [0.1, 0.15) is 0 Å². The summed E-state index contributed by atoms with van der Waals surface area (Å²) in [6.45, 7) is -0.349. The van der Waals surface area contributed by atoms with Crippen molar-refractivity contribution >= 4 is 5.91 Å². The molecule has 1 fully saturated rings. The van der Waals surface area contributed by atoms with Gasteiger partial charge in [0.15, 0.2) is 0 Å². The number of hydrogen-bond acceptors (Lipinski definition) is 1. The summed E-state index contributed by atoms with van der Waals surface area (Å²) in [7, 11) is 1.61. The smallest absolute Gasteiger partial charge is 0.223 e. The number of amides is 1. The lowest BCUT2D eigenvalue weighted by Gasteiger charge is -2.13. The minimum absolute atomic E-state index is 0.00477. The van der Waals surface area contributed by atoms with E-state index < -0.39 is 0 Å². The van der Waals surface area contributed by atoms with Gasteiger partial charge in [-0.15, -0.1) is 0 Å². The van der Waals surface area contributed by atoms with Gasteiger partial charge in [-0.2, -0.15) is 0 Å². The minimum atomic E-state index is -0.349. The fourth-order valence-electron chi connectivity index (χ4n) is 1.75. The average molecular weight is 159 g/mol. The summed E-state index contributed by atoms with van der Waals surface area (Å²) in [5.41, 5.74) is 0. The summed E-state index contributed by atoms with van der Waals surface area (Å²) >= 11 is 0. The van der Waals surface area contributed by atoms with E-state index in [2.05, 4.69) is 5.32 Å². The van der Waals surface area contributed by atoms with Gasteiger partial charge in [-0.1, -0.05) is 6.42 Å². The molecule has 0 aliphatic heterocycles. The quantitative estimate of drug-likeness (QED) is 0.642. The van der Waals surface area contributed by atoms with E-state index >= 15 is 0 Å². The maximum Gasteiger partial charge on any atom is 0.223 e. The zero-order valence-corrected chi connectivity index (χ0v) is 6.77. The van der Waals surface area contributed by atoms with Crippen LogP contribution in [0.2, 0.25) is 0 Å². The van der Waals surface area contributed by atoms with Gasteiger partial charge >= 0.3 is 0 Å². The summed E-state index contributed by atoms with van der Waals surface area (Å²) in [6.07, 6.45) is 2.72. The van der Waals surface area contributed by atoms with Crippen molar-refractivity contribution in [2.45, 2.75) is 19.3 Å².